The van der Waals surface area contributed by atoms with Crippen LogP contribution in [0.25, 0.3) is 0 Å². The average molecular weight is 512 g/mol. The quantitative estimate of drug-likeness (QED) is 0.118. The van der Waals surface area contributed by atoms with Gasteiger partial charge < -0.3 is 0 Å². The molecule has 0 spiro atoms. The van der Waals surface area contributed by atoms with Crippen molar-refractivity contribution in [2.24, 2.45) is 0 Å². The summed E-state index contributed by atoms with van der Waals surface area (Å²) in [6.45, 7) is 0. The molecular formula is C22H10F10Ti. The third-order valence-corrected chi connectivity index (χ3v) is 3.15. The predicted molar refractivity (Wildman–Crippen MR) is 93.3 cm³/mol. The third kappa shape index (κ3) is 9.83. The van der Waals surface area contributed by atoms with Crippen LogP contribution in [0, 0.1) is 82.5 Å². The molecule has 0 nitrogen and oxygen atoms in total. The van der Waals surface area contributed by atoms with Crippen molar-refractivity contribution < 1.29 is 65.6 Å². The van der Waals surface area contributed by atoms with Crippen LogP contribution in [0.2, 0.25) is 0 Å². The molecule has 11 heteroatoms. The number of rotatable bonds is 0. The number of halogens is 10. The van der Waals surface area contributed by atoms with Gasteiger partial charge in [-0.1, -0.05) is 0 Å². The summed E-state index contributed by atoms with van der Waals surface area (Å²) in [7, 11) is 0. The summed E-state index contributed by atoms with van der Waals surface area (Å²) in [5, 5.41) is 0. The van der Waals surface area contributed by atoms with Gasteiger partial charge in [0, 0.05) is 0 Å². The molecule has 2 aliphatic carbocycles. The van der Waals surface area contributed by atoms with Gasteiger partial charge in [-0.15, -0.1) is 25.0 Å². The molecule has 0 aromatic heterocycles. The van der Waals surface area contributed by atoms with Crippen LogP contribution in [0.4, 0.5) is 43.9 Å². The van der Waals surface area contributed by atoms with Crippen molar-refractivity contribution in [2.75, 3.05) is 0 Å². The molecule has 0 bridgehead atoms. The summed E-state index contributed by atoms with van der Waals surface area (Å²) in [6, 6.07) is 2.05. The molecular weight excluding hydrogens is 502 g/mol. The minimum atomic E-state index is -2.17. The van der Waals surface area contributed by atoms with Crippen molar-refractivity contribution in [1.82, 2.24) is 0 Å². The van der Waals surface area contributed by atoms with Crippen LogP contribution < -0.4 is 0 Å². The van der Waals surface area contributed by atoms with E-state index in [4.69, 9.17) is 0 Å². The SMILES string of the molecule is Fc1[c-]c(F)c(F)c(F)c1F.Fc1[c-]c(F)c(F)c(F)c1F.[C-]1=CC=CC1.[C-]1=CC=CC1.[Ti+4]. The average Bonchev–Trinajstić information content (AvgIpc) is 3.53. The summed E-state index contributed by atoms with van der Waals surface area (Å²) >= 11 is 0. The van der Waals surface area contributed by atoms with Gasteiger partial charge in [0.15, 0.2) is 0 Å². The van der Waals surface area contributed by atoms with Crippen molar-refractivity contribution in [1.29, 1.82) is 0 Å². The second-order valence-electron chi connectivity index (χ2n) is 5.40. The van der Waals surface area contributed by atoms with Crippen LogP contribution in [-0.4, -0.2) is 0 Å². The van der Waals surface area contributed by atoms with Gasteiger partial charge >= 0.3 is 21.7 Å². The molecule has 2 aromatic rings. The molecule has 33 heavy (non-hydrogen) atoms. The topological polar surface area (TPSA) is 0 Å². The third-order valence-electron chi connectivity index (χ3n) is 3.15. The Morgan fingerprint density at radius 1 is 0.455 bits per heavy atom. The van der Waals surface area contributed by atoms with E-state index in [1.54, 1.807) is 0 Å². The van der Waals surface area contributed by atoms with E-state index in [1.807, 2.05) is 24.3 Å². The largest absolute Gasteiger partial charge is 4.00 e. The Bertz CT molecular complexity index is 886. The van der Waals surface area contributed by atoms with Crippen molar-refractivity contribution in [3.8, 4) is 0 Å². The maximum absolute atomic E-state index is 12.0. The second-order valence-corrected chi connectivity index (χ2v) is 5.40. The molecule has 0 amide bonds. The molecule has 0 heterocycles. The Kier molecular flexibility index (Phi) is 14.1. The molecule has 2 aliphatic rings. The van der Waals surface area contributed by atoms with Crippen molar-refractivity contribution in [2.45, 2.75) is 12.8 Å². The first-order valence-corrected chi connectivity index (χ1v) is 8.32. The van der Waals surface area contributed by atoms with Gasteiger partial charge in [0.1, 0.15) is 0 Å². The summed E-state index contributed by atoms with van der Waals surface area (Å²) < 4.78 is 120. The zero-order valence-corrected chi connectivity index (χ0v) is 17.7. The van der Waals surface area contributed by atoms with E-state index in [9.17, 15) is 43.9 Å². The Labute approximate surface area is 197 Å². The van der Waals surface area contributed by atoms with Crippen LogP contribution >= 0.6 is 0 Å². The molecule has 0 radical (unpaired) electrons. The minimum Gasteiger partial charge on any atom is -0.278 e. The summed E-state index contributed by atoms with van der Waals surface area (Å²) in [5.74, 6) is -20.1. The Morgan fingerprint density at radius 3 is 0.879 bits per heavy atom. The zero-order valence-electron chi connectivity index (χ0n) is 16.2. The predicted octanol–water partition coefficient (Wildman–Crippen LogP) is 6.97. The van der Waals surface area contributed by atoms with Gasteiger partial charge in [-0.25, -0.2) is 50.6 Å². The van der Waals surface area contributed by atoms with Gasteiger partial charge in [-0.2, -0.15) is 12.2 Å². The fourth-order valence-corrected chi connectivity index (χ4v) is 1.67. The first kappa shape index (κ1) is 30.4. The standard InChI is InChI=1S/2C6F5.2C5H5.Ti/c2*7-2-1-3(8)5(10)6(11)4(2)9;2*1-2-4-5-3-1;/h;;2*1-3H,4H2;/q4*-1;+4. The van der Waals surface area contributed by atoms with Gasteiger partial charge in [0.05, 0.1) is 58.2 Å². The second kappa shape index (κ2) is 15.3. The van der Waals surface area contributed by atoms with Gasteiger partial charge in [0.2, 0.25) is 0 Å². The number of benzene rings is 2. The number of allylic oxidation sites excluding steroid dienone is 8. The van der Waals surface area contributed by atoms with E-state index >= 15 is 0 Å². The molecule has 0 N–H and O–H groups in total. The monoisotopic (exact) mass is 512 g/mol. The van der Waals surface area contributed by atoms with E-state index in [-0.39, 0.29) is 21.7 Å². The summed E-state index contributed by atoms with van der Waals surface area (Å²) in [5.41, 5.74) is 0. The maximum Gasteiger partial charge on any atom is 4.00 e. The molecule has 172 valence electrons. The van der Waals surface area contributed by atoms with E-state index < -0.39 is 58.2 Å². The summed E-state index contributed by atoms with van der Waals surface area (Å²) in [6.07, 6.45) is 20.0. The first-order valence-electron chi connectivity index (χ1n) is 8.32. The Hall–Kier alpha value is -2.59. The van der Waals surface area contributed by atoms with Crippen LogP contribution in [0.15, 0.2) is 36.5 Å². The first-order chi connectivity index (χ1) is 15.1. The summed E-state index contributed by atoms with van der Waals surface area (Å²) in [4.78, 5) is 0. The molecule has 2 aromatic carbocycles. The van der Waals surface area contributed by atoms with Crippen LogP contribution in [-0.2, 0) is 21.7 Å². The van der Waals surface area contributed by atoms with Gasteiger partial charge in [0.25, 0.3) is 0 Å². The van der Waals surface area contributed by atoms with Crippen LogP contribution in [0.1, 0.15) is 12.8 Å². The molecule has 0 saturated heterocycles. The van der Waals surface area contributed by atoms with E-state index in [1.165, 1.54) is 0 Å². The van der Waals surface area contributed by atoms with Gasteiger partial charge in [-0.05, 0) is 0 Å². The fourth-order valence-electron chi connectivity index (χ4n) is 1.67. The Balaban J connectivity index is 0.000000434. The Morgan fingerprint density at radius 2 is 0.727 bits per heavy atom. The van der Waals surface area contributed by atoms with Crippen molar-refractivity contribution >= 4 is 0 Å². The molecule has 0 aliphatic heterocycles. The van der Waals surface area contributed by atoms with E-state index in [0.29, 0.717) is 0 Å². The van der Waals surface area contributed by atoms with Crippen LogP contribution in [0.5, 0.6) is 0 Å². The zero-order chi connectivity index (χ0) is 24.3. The minimum absolute atomic E-state index is 0. The van der Waals surface area contributed by atoms with E-state index in [0.717, 1.165) is 25.0 Å². The van der Waals surface area contributed by atoms with E-state index in [2.05, 4.69) is 24.3 Å². The van der Waals surface area contributed by atoms with Crippen molar-refractivity contribution in [3.63, 3.8) is 0 Å². The maximum atomic E-state index is 12.0. The normalized spacial score (nSPS) is 12.2. The number of hydrogen-bond donors (Lipinski definition) is 0. The smallest absolute Gasteiger partial charge is 0.278 e. The molecule has 0 saturated carbocycles. The fraction of sp³-hybridized carbons (Fsp3) is 0.0909. The van der Waals surface area contributed by atoms with Gasteiger partial charge in [-0.3, -0.25) is 29.7 Å². The molecule has 0 fully saturated rings. The van der Waals surface area contributed by atoms with Crippen LogP contribution in [0.3, 0.4) is 0 Å². The van der Waals surface area contributed by atoms with Crippen molar-refractivity contribution in [3.05, 3.63) is 119 Å². The molecule has 0 atom stereocenters. The molecule has 0 unspecified atom stereocenters. The molecule has 4 rings (SSSR count). The number of hydrogen-bond acceptors (Lipinski definition) is 0.